The highest BCUT2D eigenvalue weighted by Gasteiger charge is 2.22. The first-order chi connectivity index (χ1) is 15.7. The minimum absolute atomic E-state index is 0.0816. The molecule has 0 radical (unpaired) electrons. The summed E-state index contributed by atoms with van der Waals surface area (Å²) >= 11 is 0. The van der Waals surface area contributed by atoms with Gasteiger partial charge in [-0.1, -0.05) is 6.08 Å². The number of hydrogen-bond acceptors (Lipinski definition) is 7. The average molecular weight is 437 g/mol. The molecule has 2 aromatic heterocycles. The SMILES string of the molecule is CNCC(=O)N1CC=C(c2cnc(NCc3c(F)ccc4c3CCO4)n3cnnc23)CC1. The van der Waals surface area contributed by atoms with E-state index in [1.165, 1.54) is 6.07 Å². The maximum atomic E-state index is 14.5. The van der Waals surface area contributed by atoms with Crippen molar-refractivity contribution in [2.75, 3.05) is 38.6 Å². The summed E-state index contributed by atoms with van der Waals surface area (Å²) in [4.78, 5) is 18.5. The Hall–Kier alpha value is -3.53. The molecular weight excluding hydrogens is 413 g/mol. The van der Waals surface area contributed by atoms with Crippen LogP contribution < -0.4 is 15.4 Å². The predicted molar refractivity (Wildman–Crippen MR) is 117 cm³/mol. The zero-order valence-corrected chi connectivity index (χ0v) is 17.8. The zero-order chi connectivity index (χ0) is 22.1. The highest BCUT2D eigenvalue weighted by atomic mass is 19.1. The number of nitrogens with one attached hydrogen (secondary N) is 2. The lowest BCUT2D eigenvalue weighted by Crippen LogP contribution is -2.39. The van der Waals surface area contributed by atoms with Gasteiger partial charge in [0.15, 0.2) is 5.65 Å². The molecule has 0 saturated heterocycles. The van der Waals surface area contributed by atoms with Crippen LogP contribution in [0.3, 0.4) is 0 Å². The minimum Gasteiger partial charge on any atom is -0.493 e. The summed E-state index contributed by atoms with van der Waals surface area (Å²) in [7, 11) is 1.76. The van der Waals surface area contributed by atoms with Crippen LogP contribution in [-0.4, -0.2) is 63.7 Å². The van der Waals surface area contributed by atoms with Crippen molar-refractivity contribution in [1.29, 1.82) is 0 Å². The molecule has 10 heteroatoms. The van der Waals surface area contributed by atoms with E-state index < -0.39 is 0 Å². The van der Waals surface area contributed by atoms with Gasteiger partial charge in [-0.05, 0) is 31.2 Å². The topological polar surface area (TPSA) is 96.7 Å². The number of anilines is 1. The molecular formula is C22H24FN7O2. The Morgan fingerprint density at radius 1 is 1.31 bits per heavy atom. The molecule has 2 aliphatic rings. The number of rotatable bonds is 6. The van der Waals surface area contributed by atoms with E-state index >= 15 is 0 Å². The largest absolute Gasteiger partial charge is 0.493 e. The number of ether oxygens (including phenoxy) is 1. The Kier molecular flexibility index (Phi) is 5.44. The van der Waals surface area contributed by atoms with Gasteiger partial charge in [-0.25, -0.2) is 9.37 Å². The molecule has 1 amide bonds. The number of halogens is 1. The van der Waals surface area contributed by atoms with Gasteiger partial charge >= 0.3 is 0 Å². The van der Waals surface area contributed by atoms with Crippen LogP contribution in [0.4, 0.5) is 10.3 Å². The molecule has 0 spiro atoms. The van der Waals surface area contributed by atoms with Gasteiger partial charge in [-0.2, -0.15) is 0 Å². The Morgan fingerprint density at radius 2 is 2.22 bits per heavy atom. The Balaban J connectivity index is 1.37. The molecule has 32 heavy (non-hydrogen) atoms. The van der Waals surface area contributed by atoms with Gasteiger partial charge in [0.25, 0.3) is 0 Å². The van der Waals surface area contributed by atoms with Gasteiger partial charge in [0.2, 0.25) is 11.9 Å². The van der Waals surface area contributed by atoms with Crippen molar-refractivity contribution in [3.8, 4) is 5.75 Å². The number of carbonyl (C=O) groups excluding carboxylic acids is 1. The van der Waals surface area contributed by atoms with E-state index in [9.17, 15) is 9.18 Å². The monoisotopic (exact) mass is 437 g/mol. The van der Waals surface area contributed by atoms with Gasteiger partial charge in [-0.3, -0.25) is 9.20 Å². The van der Waals surface area contributed by atoms with Crippen LogP contribution in [0.1, 0.15) is 23.1 Å². The van der Waals surface area contributed by atoms with Gasteiger partial charge in [0, 0.05) is 48.9 Å². The second-order valence-electron chi connectivity index (χ2n) is 7.82. The van der Waals surface area contributed by atoms with E-state index in [4.69, 9.17) is 4.74 Å². The lowest BCUT2D eigenvalue weighted by atomic mass is 10.0. The van der Waals surface area contributed by atoms with E-state index in [-0.39, 0.29) is 18.3 Å². The second kappa shape index (κ2) is 8.54. The smallest absolute Gasteiger partial charge is 0.236 e. The summed E-state index contributed by atoms with van der Waals surface area (Å²) in [6, 6.07) is 3.11. The number of aromatic nitrogens is 4. The first-order valence-electron chi connectivity index (χ1n) is 10.6. The van der Waals surface area contributed by atoms with Crippen LogP contribution in [0.25, 0.3) is 11.2 Å². The summed E-state index contributed by atoms with van der Waals surface area (Å²) in [6.45, 7) is 2.38. The van der Waals surface area contributed by atoms with Gasteiger partial charge in [0.05, 0.1) is 13.2 Å². The van der Waals surface area contributed by atoms with Crippen molar-refractivity contribution >= 4 is 23.1 Å². The highest BCUT2D eigenvalue weighted by Crippen LogP contribution is 2.31. The van der Waals surface area contributed by atoms with Gasteiger partial charge in [-0.15, -0.1) is 10.2 Å². The molecule has 0 atom stereocenters. The van der Waals surface area contributed by atoms with E-state index in [1.807, 2.05) is 11.0 Å². The van der Waals surface area contributed by atoms with Crippen molar-refractivity contribution in [1.82, 2.24) is 29.8 Å². The van der Waals surface area contributed by atoms with Crippen molar-refractivity contribution in [2.24, 2.45) is 0 Å². The molecule has 0 bridgehead atoms. The second-order valence-corrected chi connectivity index (χ2v) is 7.82. The number of benzene rings is 1. The van der Waals surface area contributed by atoms with E-state index in [2.05, 4.69) is 25.8 Å². The summed E-state index contributed by atoms with van der Waals surface area (Å²) < 4.78 is 21.8. The molecule has 0 fully saturated rings. The number of likely N-dealkylation sites (N-methyl/N-ethyl adjacent to an activating group) is 1. The van der Waals surface area contributed by atoms with Crippen LogP contribution >= 0.6 is 0 Å². The molecule has 0 unspecified atom stereocenters. The fourth-order valence-corrected chi connectivity index (χ4v) is 4.25. The quantitative estimate of drug-likeness (QED) is 0.605. The molecule has 3 aromatic rings. The van der Waals surface area contributed by atoms with E-state index in [0.29, 0.717) is 56.2 Å². The molecule has 1 aromatic carbocycles. The molecule has 4 heterocycles. The first kappa shape index (κ1) is 20.4. The van der Waals surface area contributed by atoms with Crippen LogP contribution in [0, 0.1) is 5.82 Å². The van der Waals surface area contributed by atoms with E-state index in [1.54, 1.807) is 30.0 Å². The van der Waals surface area contributed by atoms with Gasteiger partial charge < -0.3 is 20.3 Å². The number of fused-ring (bicyclic) bond motifs is 2. The molecule has 2 N–H and O–H groups in total. The van der Waals surface area contributed by atoms with Crippen molar-refractivity contribution in [3.63, 3.8) is 0 Å². The van der Waals surface area contributed by atoms with Crippen molar-refractivity contribution < 1.29 is 13.9 Å². The fourth-order valence-electron chi connectivity index (χ4n) is 4.25. The van der Waals surface area contributed by atoms with E-state index in [0.717, 1.165) is 22.4 Å². The maximum Gasteiger partial charge on any atom is 0.236 e. The first-order valence-corrected chi connectivity index (χ1v) is 10.6. The van der Waals surface area contributed by atoms with Gasteiger partial charge in [0.1, 0.15) is 17.9 Å². The number of carbonyl (C=O) groups is 1. The summed E-state index contributed by atoms with van der Waals surface area (Å²) in [5.74, 6) is 1.10. The molecule has 9 nitrogen and oxygen atoms in total. The third kappa shape index (κ3) is 3.66. The zero-order valence-electron chi connectivity index (χ0n) is 17.8. The maximum absolute atomic E-state index is 14.5. The minimum atomic E-state index is -0.261. The van der Waals surface area contributed by atoms with Crippen molar-refractivity contribution in [3.05, 3.63) is 53.2 Å². The average Bonchev–Trinajstić information content (AvgIpc) is 3.49. The Bertz CT molecular complexity index is 1210. The lowest BCUT2D eigenvalue weighted by Gasteiger charge is -2.26. The highest BCUT2D eigenvalue weighted by molar-refractivity contribution is 5.81. The Labute approximate surface area is 184 Å². The lowest BCUT2D eigenvalue weighted by molar-refractivity contribution is -0.129. The van der Waals surface area contributed by atoms with Crippen molar-refractivity contribution in [2.45, 2.75) is 19.4 Å². The molecule has 2 aliphatic heterocycles. The molecule has 166 valence electrons. The predicted octanol–water partition coefficient (Wildman–Crippen LogP) is 1.65. The summed E-state index contributed by atoms with van der Waals surface area (Å²) in [6.07, 6.45) is 6.81. The standard InChI is InChI=1S/C22H24FN7O2/c1-24-12-20(31)29-7-4-14(5-8-29)16-10-25-22(30-13-27-28-21(16)30)26-11-17-15-6-9-32-19(15)3-2-18(17)23/h2-4,10,13,24H,5-9,11-12H2,1H3,(H,25,26). The molecule has 0 saturated carbocycles. The number of amides is 1. The van der Waals surface area contributed by atoms with Crippen LogP contribution in [0.15, 0.2) is 30.7 Å². The normalized spacial score (nSPS) is 15.4. The number of nitrogens with zero attached hydrogens (tertiary/aromatic N) is 5. The molecule has 0 aliphatic carbocycles. The summed E-state index contributed by atoms with van der Waals surface area (Å²) in [5.41, 5.74) is 4.13. The van der Waals surface area contributed by atoms with Crippen LogP contribution in [0.2, 0.25) is 0 Å². The third-order valence-electron chi connectivity index (χ3n) is 5.93. The summed E-state index contributed by atoms with van der Waals surface area (Å²) in [5, 5.41) is 14.4. The Morgan fingerprint density at radius 3 is 3.03 bits per heavy atom. The number of hydrogen-bond donors (Lipinski definition) is 2. The molecule has 5 rings (SSSR count). The van der Waals surface area contributed by atoms with Crippen LogP contribution in [0.5, 0.6) is 5.75 Å². The van der Waals surface area contributed by atoms with Crippen LogP contribution in [-0.2, 0) is 17.8 Å². The fraction of sp³-hybridized carbons (Fsp3) is 0.364. The third-order valence-corrected chi connectivity index (χ3v) is 5.93.